The molecule has 4 aliphatic carbocycles. The molecule has 1 heterocycles. The maximum Gasteiger partial charge on any atom is 0.0577 e. The SMILES string of the molecule is C[C@@]12C=C(Cc3ccccn3)C[C@H]1[C@@H]1CC=C3C[C@@H](O)CC[C@]3(C)[C@H]1CC2. The summed E-state index contributed by atoms with van der Waals surface area (Å²) in [5.74, 6) is 2.41. The van der Waals surface area contributed by atoms with Gasteiger partial charge in [0.2, 0.25) is 0 Å². The molecule has 27 heavy (non-hydrogen) atoms. The van der Waals surface area contributed by atoms with E-state index in [9.17, 15) is 5.11 Å². The Kier molecular flexibility index (Phi) is 4.13. The third-order valence-corrected chi connectivity index (χ3v) is 8.67. The highest BCUT2D eigenvalue weighted by molar-refractivity contribution is 5.30. The van der Waals surface area contributed by atoms with Gasteiger partial charge in [-0.2, -0.15) is 0 Å². The van der Waals surface area contributed by atoms with Crippen molar-refractivity contribution in [3.63, 3.8) is 0 Å². The van der Waals surface area contributed by atoms with Gasteiger partial charge in [0.1, 0.15) is 0 Å². The zero-order chi connectivity index (χ0) is 18.6. The number of hydrogen-bond donors (Lipinski definition) is 1. The van der Waals surface area contributed by atoms with Crippen molar-refractivity contribution >= 4 is 0 Å². The molecule has 1 aromatic rings. The molecule has 0 amide bonds. The minimum absolute atomic E-state index is 0.104. The lowest BCUT2D eigenvalue weighted by Crippen LogP contribution is -2.49. The third-order valence-electron chi connectivity index (χ3n) is 8.67. The quantitative estimate of drug-likeness (QED) is 0.705. The Balaban J connectivity index is 1.40. The number of nitrogens with zero attached hydrogens (tertiary/aromatic N) is 1. The van der Waals surface area contributed by atoms with Crippen molar-refractivity contribution in [3.05, 3.63) is 53.4 Å². The largest absolute Gasteiger partial charge is 0.393 e. The first kappa shape index (κ1) is 17.7. The van der Waals surface area contributed by atoms with Crippen LogP contribution in [0.5, 0.6) is 0 Å². The maximum absolute atomic E-state index is 10.2. The molecule has 2 nitrogen and oxygen atoms in total. The number of aliphatic hydroxyl groups excluding tert-OH is 1. The smallest absolute Gasteiger partial charge is 0.0577 e. The maximum atomic E-state index is 10.2. The van der Waals surface area contributed by atoms with E-state index in [0.717, 1.165) is 37.0 Å². The van der Waals surface area contributed by atoms with Crippen LogP contribution in [0.2, 0.25) is 0 Å². The first-order valence-corrected chi connectivity index (χ1v) is 11.0. The molecule has 2 fully saturated rings. The van der Waals surface area contributed by atoms with Gasteiger partial charge in [0.05, 0.1) is 6.10 Å². The number of fused-ring (bicyclic) bond motifs is 5. The highest BCUT2D eigenvalue weighted by Gasteiger charge is 2.55. The average molecular weight is 364 g/mol. The highest BCUT2D eigenvalue weighted by atomic mass is 16.3. The number of aromatic nitrogens is 1. The van der Waals surface area contributed by atoms with Gasteiger partial charge >= 0.3 is 0 Å². The highest BCUT2D eigenvalue weighted by Crippen LogP contribution is 2.64. The Hall–Kier alpha value is -1.41. The molecular formula is C25H33NO. The van der Waals surface area contributed by atoms with Crippen molar-refractivity contribution in [1.29, 1.82) is 0 Å². The van der Waals surface area contributed by atoms with Crippen LogP contribution in [0.15, 0.2) is 47.7 Å². The Bertz CT molecular complexity index is 781. The number of rotatable bonds is 2. The standard InChI is InChI=1S/C25H33NO/c1-24-10-9-22-21(7-6-18-15-20(27)8-11-25(18,22)2)23(24)14-17(16-24)13-19-5-3-4-12-26-19/h3-6,12,16,20-23,27H,7-11,13-15H2,1-2H3/t20-,21+,22-,23-,24+,25-/m0/s1. The fourth-order valence-electron chi connectivity index (χ4n) is 7.22. The fourth-order valence-corrected chi connectivity index (χ4v) is 7.22. The molecule has 0 saturated heterocycles. The van der Waals surface area contributed by atoms with E-state index in [0.29, 0.717) is 10.8 Å². The van der Waals surface area contributed by atoms with Gasteiger partial charge in [0.25, 0.3) is 0 Å². The van der Waals surface area contributed by atoms with E-state index in [1.54, 1.807) is 11.1 Å². The van der Waals surface area contributed by atoms with Crippen LogP contribution in [0.25, 0.3) is 0 Å². The second-order valence-electron chi connectivity index (χ2n) is 10.2. The van der Waals surface area contributed by atoms with E-state index in [4.69, 9.17) is 0 Å². The van der Waals surface area contributed by atoms with Crippen LogP contribution >= 0.6 is 0 Å². The van der Waals surface area contributed by atoms with Crippen molar-refractivity contribution in [1.82, 2.24) is 4.98 Å². The summed E-state index contributed by atoms with van der Waals surface area (Å²) < 4.78 is 0. The van der Waals surface area contributed by atoms with Crippen LogP contribution < -0.4 is 0 Å². The minimum atomic E-state index is -0.104. The topological polar surface area (TPSA) is 33.1 Å². The molecular weight excluding hydrogens is 330 g/mol. The van der Waals surface area contributed by atoms with Gasteiger partial charge in [0, 0.05) is 18.3 Å². The minimum Gasteiger partial charge on any atom is -0.393 e. The van der Waals surface area contributed by atoms with Crippen molar-refractivity contribution in [2.24, 2.45) is 28.6 Å². The Morgan fingerprint density at radius 2 is 2.00 bits per heavy atom. The third kappa shape index (κ3) is 2.83. The number of pyridine rings is 1. The van der Waals surface area contributed by atoms with Crippen molar-refractivity contribution in [3.8, 4) is 0 Å². The second-order valence-corrected chi connectivity index (χ2v) is 10.2. The Morgan fingerprint density at radius 1 is 1.11 bits per heavy atom. The summed E-state index contributed by atoms with van der Waals surface area (Å²) in [6.07, 6.45) is 16.3. The van der Waals surface area contributed by atoms with E-state index in [-0.39, 0.29) is 6.10 Å². The molecule has 0 unspecified atom stereocenters. The summed E-state index contributed by atoms with van der Waals surface area (Å²) in [6.45, 7) is 5.03. The summed E-state index contributed by atoms with van der Waals surface area (Å²) in [7, 11) is 0. The van der Waals surface area contributed by atoms with Gasteiger partial charge in [-0.25, -0.2) is 0 Å². The van der Waals surface area contributed by atoms with Gasteiger partial charge in [-0.3, -0.25) is 4.98 Å². The Morgan fingerprint density at radius 3 is 2.81 bits per heavy atom. The van der Waals surface area contributed by atoms with Gasteiger partial charge in [-0.1, -0.05) is 43.2 Å². The molecule has 5 rings (SSSR count). The number of hydrogen-bond acceptors (Lipinski definition) is 2. The molecule has 1 N–H and O–H groups in total. The lowest BCUT2D eigenvalue weighted by molar-refractivity contribution is -0.0266. The fraction of sp³-hybridized carbons (Fsp3) is 0.640. The van der Waals surface area contributed by atoms with Crippen molar-refractivity contribution in [2.75, 3.05) is 0 Å². The summed E-state index contributed by atoms with van der Waals surface area (Å²) >= 11 is 0. The normalized spacial score (nSPS) is 43.2. The molecule has 0 spiro atoms. The molecule has 0 aromatic carbocycles. The van der Waals surface area contributed by atoms with Gasteiger partial charge in [-0.05, 0) is 85.7 Å². The van der Waals surface area contributed by atoms with E-state index in [1.165, 1.54) is 37.8 Å². The van der Waals surface area contributed by atoms with Crippen LogP contribution in [0.1, 0.15) is 64.5 Å². The van der Waals surface area contributed by atoms with Crippen LogP contribution in [-0.2, 0) is 6.42 Å². The lowest BCUT2D eigenvalue weighted by Gasteiger charge is -2.57. The Labute approximate surface area is 163 Å². The van der Waals surface area contributed by atoms with Gasteiger partial charge < -0.3 is 5.11 Å². The summed E-state index contributed by atoms with van der Waals surface area (Å²) in [5, 5.41) is 10.2. The van der Waals surface area contributed by atoms with E-state index in [1.807, 2.05) is 12.3 Å². The predicted molar refractivity (Wildman–Crippen MR) is 109 cm³/mol. The molecule has 144 valence electrons. The molecule has 4 aliphatic rings. The lowest BCUT2D eigenvalue weighted by atomic mass is 9.48. The molecule has 6 atom stereocenters. The second kappa shape index (κ2) is 6.30. The average Bonchev–Trinajstić information content (AvgIpc) is 2.99. The van der Waals surface area contributed by atoms with Crippen LogP contribution in [0.3, 0.4) is 0 Å². The molecule has 1 aromatic heterocycles. The van der Waals surface area contributed by atoms with Crippen LogP contribution in [-0.4, -0.2) is 16.2 Å². The molecule has 2 saturated carbocycles. The van der Waals surface area contributed by atoms with E-state index in [2.05, 4.69) is 43.1 Å². The van der Waals surface area contributed by atoms with E-state index >= 15 is 0 Å². The van der Waals surface area contributed by atoms with Crippen molar-refractivity contribution < 1.29 is 5.11 Å². The zero-order valence-corrected chi connectivity index (χ0v) is 16.8. The molecule has 0 bridgehead atoms. The monoisotopic (exact) mass is 363 g/mol. The zero-order valence-electron chi connectivity index (χ0n) is 16.8. The molecule has 0 radical (unpaired) electrons. The van der Waals surface area contributed by atoms with Gasteiger partial charge in [0.15, 0.2) is 0 Å². The summed E-state index contributed by atoms with van der Waals surface area (Å²) in [6, 6.07) is 6.28. The van der Waals surface area contributed by atoms with Crippen molar-refractivity contribution in [2.45, 2.75) is 71.3 Å². The molecule has 2 heteroatoms. The summed E-state index contributed by atoms with van der Waals surface area (Å²) in [4.78, 5) is 4.56. The van der Waals surface area contributed by atoms with Crippen LogP contribution in [0.4, 0.5) is 0 Å². The molecule has 0 aliphatic heterocycles. The number of aliphatic hydroxyl groups is 1. The summed E-state index contributed by atoms with van der Waals surface area (Å²) in [5.41, 5.74) is 5.11. The first-order valence-electron chi connectivity index (χ1n) is 11.0. The van der Waals surface area contributed by atoms with Crippen LogP contribution in [0, 0.1) is 28.6 Å². The van der Waals surface area contributed by atoms with E-state index < -0.39 is 0 Å². The predicted octanol–water partition coefficient (Wildman–Crippen LogP) is 5.48. The van der Waals surface area contributed by atoms with Gasteiger partial charge in [-0.15, -0.1) is 0 Å². The number of allylic oxidation sites excluding steroid dienone is 3. The first-order chi connectivity index (χ1) is 13.0.